The van der Waals surface area contributed by atoms with Crippen molar-refractivity contribution in [2.75, 3.05) is 4.72 Å². The lowest BCUT2D eigenvalue weighted by Gasteiger charge is -2.10. The van der Waals surface area contributed by atoms with Gasteiger partial charge in [-0.2, -0.15) is 0 Å². The number of aryl methyl sites for hydroxylation is 2. The number of hydrogen-bond acceptors (Lipinski definition) is 5. The van der Waals surface area contributed by atoms with E-state index in [0.717, 1.165) is 0 Å². The predicted octanol–water partition coefficient (Wildman–Crippen LogP) is 2.96. The number of benzene rings is 1. The van der Waals surface area contributed by atoms with E-state index in [0.29, 0.717) is 51.4 Å². The van der Waals surface area contributed by atoms with Crippen LogP contribution in [0.15, 0.2) is 36.8 Å². The van der Waals surface area contributed by atoms with Gasteiger partial charge < -0.3 is 5.73 Å². The van der Waals surface area contributed by atoms with Crippen molar-refractivity contribution in [3.05, 3.63) is 70.7 Å². The molecule has 9 heteroatoms. The molecule has 1 aromatic carbocycles. The summed E-state index contributed by atoms with van der Waals surface area (Å²) < 4.78 is 37.4. The molecule has 0 aliphatic heterocycles. The number of anilines is 1. The molecule has 4 N–H and O–H groups in total. The Balaban J connectivity index is 2.12. The third kappa shape index (κ3) is 4.68. The van der Waals surface area contributed by atoms with Crippen LogP contribution in [0.4, 0.5) is 10.1 Å². The lowest BCUT2D eigenvalue weighted by atomic mass is 10.0. The van der Waals surface area contributed by atoms with Gasteiger partial charge in [0.15, 0.2) is 0 Å². The molecule has 3 rings (SSSR count). The van der Waals surface area contributed by atoms with Crippen LogP contribution in [0.2, 0.25) is 0 Å². The SMILES string of the molecule is CCc1ncnc(-c2cccc(CN)c2F)c1C#Cc1cnc(C)c(NS(=O)O)c1. The molecule has 2 heterocycles. The van der Waals surface area contributed by atoms with Gasteiger partial charge in [-0.15, -0.1) is 0 Å². The lowest BCUT2D eigenvalue weighted by Crippen LogP contribution is -2.05. The molecule has 30 heavy (non-hydrogen) atoms. The summed E-state index contributed by atoms with van der Waals surface area (Å²) in [5.74, 6) is 5.58. The van der Waals surface area contributed by atoms with Crippen LogP contribution in [0.25, 0.3) is 11.3 Å². The molecule has 0 amide bonds. The Bertz CT molecular complexity index is 1170. The first-order valence-corrected chi connectivity index (χ1v) is 10.2. The average molecular weight is 425 g/mol. The van der Waals surface area contributed by atoms with Crippen molar-refractivity contribution in [1.82, 2.24) is 15.0 Å². The Hall–Kier alpha value is -3.19. The summed E-state index contributed by atoms with van der Waals surface area (Å²) in [5.41, 5.74) is 9.37. The van der Waals surface area contributed by atoms with Crippen LogP contribution in [-0.2, 0) is 24.2 Å². The van der Waals surface area contributed by atoms with Gasteiger partial charge in [-0.1, -0.05) is 30.9 Å². The number of rotatable bonds is 5. The van der Waals surface area contributed by atoms with Gasteiger partial charge in [0.2, 0.25) is 0 Å². The van der Waals surface area contributed by atoms with Gasteiger partial charge in [0.1, 0.15) is 12.1 Å². The van der Waals surface area contributed by atoms with E-state index in [1.54, 1.807) is 37.4 Å². The van der Waals surface area contributed by atoms with Crippen molar-refractivity contribution in [2.45, 2.75) is 26.8 Å². The molecule has 0 bridgehead atoms. The van der Waals surface area contributed by atoms with Gasteiger partial charge in [0.05, 0.1) is 28.3 Å². The van der Waals surface area contributed by atoms with E-state index < -0.39 is 17.1 Å². The molecule has 0 spiro atoms. The molecule has 1 atom stereocenters. The highest BCUT2D eigenvalue weighted by molar-refractivity contribution is 7.80. The Morgan fingerprint density at radius 1 is 1.27 bits per heavy atom. The van der Waals surface area contributed by atoms with Gasteiger partial charge >= 0.3 is 0 Å². The highest BCUT2D eigenvalue weighted by atomic mass is 32.2. The standard InChI is InChI=1S/C21H20FN5O2S/c1-3-18-16(8-7-14-9-19(27-30(28)29)13(2)24-11-14)21(26-12-25-18)17-6-4-5-15(10-23)20(17)22/h4-6,9,11-12,27H,3,10,23H2,1-2H3,(H,28,29). The molecule has 3 aromatic rings. The van der Waals surface area contributed by atoms with Crippen molar-refractivity contribution in [3.63, 3.8) is 0 Å². The molecule has 154 valence electrons. The molecule has 1 unspecified atom stereocenters. The number of nitrogens with two attached hydrogens (primary N) is 1. The van der Waals surface area contributed by atoms with E-state index in [4.69, 9.17) is 10.3 Å². The zero-order valence-electron chi connectivity index (χ0n) is 16.4. The maximum Gasteiger partial charge on any atom is 0.259 e. The summed E-state index contributed by atoms with van der Waals surface area (Å²) in [4.78, 5) is 12.7. The van der Waals surface area contributed by atoms with Gasteiger partial charge in [0.25, 0.3) is 11.3 Å². The van der Waals surface area contributed by atoms with E-state index in [-0.39, 0.29) is 6.54 Å². The molecule has 0 aliphatic rings. The molecular formula is C21H20FN5O2S. The highest BCUT2D eigenvalue weighted by Crippen LogP contribution is 2.27. The number of halogens is 1. The third-order valence-electron chi connectivity index (χ3n) is 4.43. The summed E-state index contributed by atoms with van der Waals surface area (Å²) in [7, 11) is 0. The zero-order chi connectivity index (χ0) is 21.7. The van der Waals surface area contributed by atoms with Crippen LogP contribution < -0.4 is 10.5 Å². The maximum atomic E-state index is 14.9. The van der Waals surface area contributed by atoms with Crippen LogP contribution in [0.1, 0.15) is 35.0 Å². The first kappa shape index (κ1) is 21.5. The number of aromatic nitrogens is 3. The van der Waals surface area contributed by atoms with Crippen LogP contribution in [0.5, 0.6) is 0 Å². The minimum atomic E-state index is -2.22. The van der Waals surface area contributed by atoms with Crippen LogP contribution in [0.3, 0.4) is 0 Å². The summed E-state index contributed by atoms with van der Waals surface area (Å²) in [6.45, 7) is 3.71. The predicted molar refractivity (Wildman–Crippen MR) is 114 cm³/mol. The van der Waals surface area contributed by atoms with Gasteiger partial charge in [0, 0.05) is 29.4 Å². The van der Waals surface area contributed by atoms with Crippen molar-refractivity contribution in [2.24, 2.45) is 5.73 Å². The molecule has 0 saturated carbocycles. The fraction of sp³-hybridized carbons (Fsp3) is 0.190. The Morgan fingerprint density at radius 2 is 2.07 bits per heavy atom. The molecule has 0 fully saturated rings. The Labute approximate surface area is 176 Å². The summed E-state index contributed by atoms with van der Waals surface area (Å²) in [6, 6.07) is 6.60. The van der Waals surface area contributed by atoms with Crippen molar-refractivity contribution >= 4 is 17.0 Å². The summed E-state index contributed by atoms with van der Waals surface area (Å²) >= 11 is -2.22. The van der Waals surface area contributed by atoms with Crippen LogP contribution in [-0.4, -0.2) is 23.7 Å². The molecular weight excluding hydrogens is 405 g/mol. The average Bonchev–Trinajstić information content (AvgIpc) is 2.74. The second kappa shape index (κ2) is 9.54. The first-order chi connectivity index (χ1) is 14.4. The lowest BCUT2D eigenvalue weighted by molar-refractivity contribution is 0.570. The topological polar surface area (TPSA) is 114 Å². The van der Waals surface area contributed by atoms with Crippen LogP contribution >= 0.6 is 0 Å². The van der Waals surface area contributed by atoms with Gasteiger partial charge in [-0.25, -0.2) is 18.6 Å². The zero-order valence-corrected chi connectivity index (χ0v) is 17.3. The fourth-order valence-electron chi connectivity index (χ4n) is 2.88. The number of nitrogens with zero attached hydrogens (tertiary/aromatic N) is 3. The quantitative estimate of drug-likeness (QED) is 0.428. The molecule has 7 nitrogen and oxygen atoms in total. The Morgan fingerprint density at radius 3 is 2.77 bits per heavy atom. The monoisotopic (exact) mass is 425 g/mol. The summed E-state index contributed by atoms with van der Waals surface area (Å²) in [5, 5.41) is 0. The number of hydrogen-bond donors (Lipinski definition) is 3. The number of pyridine rings is 1. The highest BCUT2D eigenvalue weighted by Gasteiger charge is 2.16. The molecule has 0 aliphatic carbocycles. The first-order valence-electron chi connectivity index (χ1n) is 9.12. The van der Waals surface area contributed by atoms with E-state index in [2.05, 4.69) is 31.5 Å². The van der Waals surface area contributed by atoms with Crippen molar-refractivity contribution < 1.29 is 13.2 Å². The normalized spacial score (nSPS) is 11.5. The van der Waals surface area contributed by atoms with Crippen molar-refractivity contribution in [3.8, 4) is 23.1 Å². The smallest absolute Gasteiger partial charge is 0.259 e. The second-order valence-electron chi connectivity index (χ2n) is 6.34. The second-order valence-corrected chi connectivity index (χ2v) is 7.04. The minimum Gasteiger partial charge on any atom is -0.326 e. The Kier molecular flexibility index (Phi) is 6.84. The number of nitrogens with one attached hydrogen (secondary N) is 1. The fourth-order valence-corrected chi connectivity index (χ4v) is 3.27. The molecule has 2 aromatic heterocycles. The maximum absolute atomic E-state index is 14.9. The van der Waals surface area contributed by atoms with E-state index in [1.165, 1.54) is 6.33 Å². The minimum absolute atomic E-state index is 0.0729. The molecule has 0 saturated heterocycles. The largest absolute Gasteiger partial charge is 0.326 e. The van der Waals surface area contributed by atoms with Crippen LogP contribution in [0, 0.1) is 24.6 Å². The third-order valence-corrected chi connectivity index (χ3v) is 4.82. The molecule has 0 radical (unpaired) electrons. The van der Waals surface area contributed by atoms with E-state index in [1.807, 2.05) is 6.92 Å². The van der Waals surface area contributed by atoms with E-state index in [9.17, 15) is 8.60 Å². The van der Waals surface area contributed by atoms with E-state index >= 15 is 0 Å². The van der Waals surface area contributed by atoms with Gasteiger partial charge in [-0.3, -0.25) is 14.3 Å². The summed E-state index contributed by atoms with van der Waals surface area (Å²) in [6.07, 6.45) is 3.53. The van der Waals surface area contributed by atoms with Crippen molar-refractivity contribution in [1.29, 1.82) is 0 Å². The van der Waals surface area contributed by atoms with Gasteiger partial charge in [-0.05, 0) is 25.5 Å².